The molecule has 5 nitrogen and oxygen atoms in total. The Morgan fingerprint density at radius 2 is 1.63 bits per heavy atom. The Balaban J connectivity index is 1.90. The van der Waals surface area contributed by atoms with Gasteiger partial charge in [0, 0.05) is 18.2 Å². The molecule has 0 unspecified atom stereocenters. The van der Waals surface area contributed by atoms with Gasteiger partial charge in [-0.1, -0.05) is 25.0 Å². The monoisotopic (exact) mass is 399 g/mol. The average Bonchev–Trinajstić information content (AvgIpc) is 3.06. The second-order valence-corrected chi connectivity index (χ2v) is 7.67. The fourth-order valence-corrected chi connectivity index (χ4v) is 4.05. The lowest BCUT2D eigenvalue weighted by Crippen LogP contribution is -2.33. The first-order valence-corrected chi connectivity index (χ1v) is 9.67. The molecule has 0 spiro atoms. The Kier molecular flexibility index (Phi) is 5.41. The minimum atomic E-state index is -4.97. The zero-order valence-corrected chi connectivity index (χ0v) is 14.9. The Hall–Kier alpha value is -2.55. The first-order chi connectivity index (χ1) is 12.8. The van der Waals surface area contributed by atoms with Gasteiger partial charge in [-0.3, -0.25) is 4.79 Å². The van der Waals surface area contributed by atoms with E-state index in [1.165, 1.54) is 24.3 Å². The van der Waals surface area contributed by atoms with Crippen molar-refractivity contribution >= 4 is 16.0 Å². The Morgan fingerprint density at radius 3 is 2.26 bits per heavy atom. The molecule has 27 heavy (non-hydrogen) atoms. The molecule has 2 aromatic carbocycles. The second-order valence-electron chi connectivity index (χ2n) is 6.19. The van der Waals surface area contributed by atoms with Crippen LogP contribution in [0.4, 0.5) is 13.2 Å². The number of hydrogen-bond acceptors (Lipinski definition) is 4. The highest BCUT2D eigenvalue weighted by Crippen LogP contribution is 2.27. The fraction of sp³-hybridized carbons (Fsp3) is 0.278. The lowest BCUT2D eigenvalue weighted by atomic mass is 10.1. The molecule has 144 valence electrons. The minimum Gasteiger partial charge on any atom is -0.378 e. The molecule has 0 atom stereocenters. The van der Waals surface area contributed by atoms with Crippen molar-refractivity contribution in [1.29, 1.82) is 0 Å². The molecular weight excluding hydrogens is 383 g/mol. The van der Waals surface area contributed by atoms with Gasteiger partial charge in [-0.2, -0.15) is 8.42 Å². The van der Waals surface area contributed by atoms with Gasteiger partial charge < -0.3 is 9.50 Å². The van der Waals surface area contributed by atoms with Gasteiger partial charge in [0.1, 0.15) is 5.82 Å². The highest BCUT2D eigenvalue weighted by molar-refractivity contribution is 7.87. The van der Waals surface area contributed by atoms with Crippen LogP contribution in [-0.4, -0.2) is 20.4 Å². The molecule has 0 heterocycles. The zero-order valence-electron chi connectivity index (χ0n) is 14.0. The molecule has 0 bridgehead atoms. The van der Waals surface area contributed by atoms with Crippen LogP contribution in [0.25, 0.3) is 0 Å². The molecule has 2 aromatic rings. The zero-order chi connectivity index (χ0) is 19.6. The number of benzene rings is 2. The molecule has 0 radical (unpaired) electrons. The van der Waals surface area contributed by atoms with Crippen molar-refractivity contribution in [3.05, 3.63) is 59.4 Å². The van der Waals surface area contributed by atoms with E-state index in [1.54, 1.807) is 0 Å². The molecule has 0 aromatic heterocycles. The lowest BCUT2D eigenvalue weighted by Gasteiger charge is -2.15. The lowest BCUT2D eigenvalue weighted by molar-refractivity contribution is 0.0936. The van der Waals surface area contributed by atoms with Crippen LogP contribution in [0.3, 0.4) is 0 Å². The van der Waals surface area contributed by atoms with Gasteiger partial charge in [0.15, 0.2) is 22.3 Å². The third-order valence-corrected chi connectivity index (χ3v) is 5.52. The van der Waals surface area contributed by atoms with Crippen molar-refractivity contribution in [2.45, 2.75) is 36.6 Å². The number of para-hydroxylation sites is 1. The maximum atomic E-state index is 13.8. The summed E-state index contributed by atoms with van der Waals surface area (Å²) in [6.07, 6.45) is 3.61. The van der Waals surface area contributed by atoms with Gasteiger partial charge in [-0.25, -0.2) is 13.2 Å². The topological polar surface area (TPSA) is 72.5 Å². The Bertz CT molecular complexity index is 949. The van der Waals surface area contributed by atoms with Crippen LogP contribution in [0.5, 0.6) is 5.75 Å². The fourth-order valence-electron chi connectivity index (χ4n) is 2.99. The largest absolute Gasteiger partial charge is 0.378 e. The number of hydrogen-bond donors (Lipinski definition) is 1. The standard InChI is InChI=1S/C18H16F3NO4S/c19-11-9-14(20)17(15(21)10-11)27(24,25)26-16-8-4-3-7-13(16)18(23)22-12-5-1-2-6-12/h3-4,7-10,12H,1-2,5-6H2,(H,22,23). The maximum absolute atomic E-state index is 13.8. The third kappa shape index (κ3) is 4.24. The molecule has 1 aliphatic rings. The van der Waals surface area contributed by atoms with Crippen LogP contribution in [0.2, 0.25) is 0 Å². The summed E-state index contributed by atoms with van der Waals surface area (Å²) in [6, 6.07) is 5.90. The molecule has 1 fully saturated rings. The van der Waals surface area contributed by atoms with E-state index in [0.29, 0.717) is 0 Å². The summed E-state index contributed by atoms with van der Waals surface area (Å²) in [6.45, 7) is 0. The predicted octanol–water partition coefficient (Wildman–Crippen LogP) is 3.54. The van der Waals surface area contributed by atoms with E-state index in [2.05, 4.69) is 5.32 Å². The van der Waals surface area contributed by atoms with Crippen molar-refractivity contribution in [2.75, 3.05) is 0 Å². The van der Waals surface area contributed by atoms with Crippen LogP contribution in [-0.2, 0) is 10.1 Å². The summed E-state index contributed by atoms with van der Waals surface area (Å²) >= 11 is 0. The van der Waals surface area contributed by atoms with Crippen LogP contribution in [0.15, 0.2) is 41.3 Å². The van der Waals surface area contributed by atoms with Gasteiger partial charge in [-0.15, -0.1) is 0 Å². The number of carbonyl (C=O) groups excluding carboxylic acids is 1. The number of halogens is 3. The van der Waals surface area contributed by atoms with Crippen LogP contribution in [0.1, 0.15) is 36.0 Å². The summed E-state index contributed by atoms with van der Waals surface area (Å²) in [4.78, 5) is 11.0. The van der Waals surface area contributed by atoms with E-state index in [9.17, 15) is 26.4 Å². The van der Waals surface area contributed by atoms with Crippen molar-refractivity contribution in [1.82, 2.24) is 5.32 Å². The van der Waals surface area contributed by atoms with Gasteiger partial charge in [0.05, 0.1) is 5.56 Å². The van der Waals surface area contributed by atoms with Gasteiger partial charge in [0.25, 0.3) is 5.91 Å². The highest BCUT2D eigenvalue weighted by atomic mass is 32.2. The minimum absolute atomic E-state index is 0.0193. The SMILES string of the molecule is O=C(NC1CCCC1)c1ccccc1OS(=O)(=O)c1c(F)cc(F)cc1F. The van der Waals surface area contributed by atoms with E-state index in [-0.39, 0.29) is 29.5 Å². The van der Waals surface area contributed by atoms with Crippen molar-refractivity contribution < 1.29 is 30.6 Å². The predicted molar refractivity (Wildman–Crippen MR) is 90.3 cm³/mol. The van der Waals surface area contributed by atoms with E-state index >= 15 is 0 Å². The highest BCUT2D eigenvalue weighted by Gasteiger charge is 2.29. The molecule has 3 rings (SSSR count). The number of carbonyl (C=O) groups is 1. The van der Waals surface area contributed by atoms with Crippen LogP contribution < -0.4 is 9.50 Å². The van der Waals surface area contributed by atoms with Crippen molar-refractivity contribution in [3.63, 3.8) is 0 Å². The first kappa shape index (κ1) is 19.2. The van der Waals surface area contributed by atoms with E-state index in [1.807, 2.05) is 0 Å². The Labute approximate surface area is 154 Å². The molecule has 1 aliphatic carbocycles. The molecule has 1 N–H and O–H groups in total. The average molecular weight is 399 g/mol. The van der Waals surface area contributed by atoms with Gasteiger partial charge >= 0.3 is 10.1 Å². The van der Waals surface area contributed by atoms with E-state index in [0.717, 1.165) is 25.7 Å². The Morgan fingerprint density at radius 1 is 1.04 bits per heavy atom. The summed E-state index contributed by atoms with van der Waals surface area (Å²) < 4.78 is 70.1. The van der Waals surface area contributed by atoms with E-state index < -0.39 is 38.4 Å². The number of rotatable bonds is 5. The van der Waals surface area contributed by atoms with Crippen LogP contribution in [0, 0.1) is 17.5 Å². The molecule has 9 heteroatoms. The molecule has 0 saturated heterocycles. The number of nitrogens with one attached hydrogen (secondary N) is 1. The van der Waals surface area contributed by atoms with Crippen molar-refractivity contribution in [3.8, 4) is 5.75 Å². The third-order valence-electron chi connectivity index (χ3n) is 4.23. The first-order valence-electron chi connectivity index (χ1n) is 8.27. The molecular formula is C18H16F3NO4S. The normalized spacial score (nSPS) is 14.9. The van der Waals surface area contributed by atoms with Crippen molar-refractivity contribution in [2.24, 2.45) is 0 Å². The summed E-state index contributed by atoms with van der Waals surface area (Å²) in [5.41, 5.74) is -0.0871. The summed E-state index contributed by atoms with van der Waals surface area (Å²) in [7, 11) is -4.97. The van der Waals surface area contributed by atoms with E-state index in [4.69, 9.17) is 4.18 Å². The second kappa shape index (κ2) is 7.59. The van der Waals surface area contributed by atoms with Gasteiger partial charge in [-0.05, 0) is 25.0 Å². The molecule has 1 amide bonds. The van der Waals surface area contributed by atoms with Crippen LogP contribution >= 0.6 is 0 Å². The quantitative estimate of drug-likeness (QED) is 0.781. The summed E-state index contributed by atoms with van der Waals surface area (Å²) in [5, 5.41) is 2.78. The summed E-state index contributed by atoms with van der Waals surface area (Å²) in [5.74, 6) is -5.44. The molecule has 1 saturated carbocycles. The smallest absolute Gasteiger partial charge is 0.345 e. The van der Waals surface area contributed by atoms with Gasteiger partial charge in [0.2, 0.25) is 0 Å². The number of amides is 1. The maximum Gasteiger partial charge on any atom is 0.345 e. The molecule has 0 aliphatic heterocycles.